The summed E-state index contributed by atoms with van der Waals surface area (Å²) in [6, 6.07) is 0. The van der Waals surface area contributed by atoms with Gasteiger partial charge in [0.15, 0.2) is 0 Å². The third kappa shape index (κ3) is 1.88. The Kier molecular flexibility index (Phi) is 3.16. The summed E-state index contributed by atoms with van der Waals surface area (Å²) in [4.78, 5) is 19.8. The number of cyclic esters (lactones) is 1. The SMILES string of the molecule is O=C1COC(=O)[N-]1.[Y]. The van der Waals surface area contributed by atoms with Crippen molar-refractivity contribution in [1.82, 2.24) is 0 Å². The third-order valence-corrected chi connectivity index (χ3v) is 0.535. The molecule has 8 heavy (non-hydrogen) atoms. The second kappa shape index (κ2) is 3.15. The van der Waals surface area contributed by atoms with Crippen LogP contribution in [0.2, 0.25) is 0 Å². The van der Waals surface area contributed by atoms with Gasteiger partial charge in [-0.2, -0.15) is 0 Å². The fourth-order valence-electron chi connectivity index (χ4n) is 0.290. The Balaban J connectivity index is 0.000000490. The van der Waals surface area contributed by atoms with Crippen LogP contribution in [0.4, 0.5) is 4.79 Å². The zero-order valence-corrected chi connectivity index (χ0v) is 6.79. The molecule has 5 heteroatoms. The van der Waals surface area contributed by atoms with E-state index in [-0.39, 0.29) is 39.3 Å². The van der Waals surface area contributed by atoms with Crippen LogP contribution < -0.4 is 0 Å². The molecule has 0 N–H and O–H groups in total. The molecule has 0 saturated carbocycles. The molecule has 4 nitrogen and oxygen atoms in total. The Hall–Kier alpha value is 0.0439. The molecule has 0 spiro atoms. The van der Waals surface area contributed by atoms with Gasteiger partial charge in [0.1, 0.15) is 6.61 Å². The van der Waals surface area contributed by atoms with Gasteiger partial charge in [-0.3, -0.25) is 4.79 Å². The summed E-state index contributed by atoms with van der Waals surface area (Å²) < 4.78 is 4.11. The van der Waals surface area contributed by atoms with Gasteiger partial charge in [0, 0.05) is 32.7 Å². The van der Waals surface area contributed by atoms with Crippen LogP contribution in [-0.2, 0) is 42.2 Å². The Labute approximate surface area is 70.8 Å². The monoisotopic (exact) mass is 189 g/mol. The minimum atomic E-state index is -0.773. The Morgan fingerprint density at radius 1 is 1.50 bits per heavy atom. The van der Waals surface area contributed by atoms with E-state index in [1.165, 1.54) is 0 Å². The fourth-order valence-corrected chi connectivity index (χ4v) is 0.290. The van der Waals surface area contributed by atoms with Crippen molar-refractivity contribution in [3.8, 4) is 0 Å². The molecule has 1 saturated heterocycles. The van der Waals surface area contributed by atoms with Crippen LogP contribution in [0.15, 0.2) is 0 Å². The predicted molar refractivity (Wildman–Crippen MR) is 19.7 cm³/mol. The van der Waals surface area contributed by atoms with Crippen LogP contribution in [0, 0.1) is 0 Å². The zero-order chi connectivity index (χ0) is 5.28. The van der Waals surface area contributed by atoms with Crippen molar-refractivity contribution in [3.05, 3.63) is 5.32 Å². The van der Waals surface area contributed by atoms with E-state index in [1.807, 2.05) is 0 Å². The van der Waals surface area contributed by atoms with Gasteiger partial charge in [0.2, 0.25) is 6.09 Å². The number of ether oxygens (including phenoxy) is 1. The Morgan fingerprint density at radius 3 is 2.25 bits per heavy atom. The van der Waals surface area contributed by atoms with E-state index < -0.39 is 12.0 Å². The summed E-state index contributed by atoms with van der Waals surface area (Å²) >= 11 is 0. The first-order valence-corrected chi connectivity index (χ1v) is 1.70. The number of nitrogens with zero attached hydrogens (tertiary/aromatic N) is 1. The minimum absolute atomic E-state index is 0. The molecule has 1 rings (SSSR count). The first-order valence-electron chi connectivity index (χ1n) is 1.70. The smallest absolute Gasteiger partial charge is 0.235 e. The maximum absolute atomic E-state index is 9.94. The van der Waals surface area contributed by atoms with Gasteiger partial charge < -0.3 is 14.8 Å². The van der Waals surface area contributed by atoms with E-state index in [4.69, 9.17) is 0 Å². The summed E-state index contributed by atoms with van der Waals surface area (Å²) in [5.74, 6) is -0.495. The first kappa shape index (κ1) is 8.04. The van der Waals surface area contributed by atoms with Gasteiger partial charge in [-0.25, -0.2) is 0 Å². The molecule has 1 heterocycles. The number of rotatable bonds is 0. The molecule has 0 aliphatic carbocycles. The molecule has 0 aromatic carbocycles. The van der Waals surface area contributed by atoms with Crippen molar-refractivity contribution in [2.45, 2.75) is 0 Å². The molecule has 41 valence electrons. The average molecular weight is 189 g/mol. The van der Waals surface area contributed by atoms with E-state index in [0.29, 0.717) is 0 Å². The number of imide groups is 1. The molecular formula is C3H2NO3Y-. The van der Waals surface area contributed by atoms with Crippen LogP contribution in [0.1, 0.15) is 0 Å². The van der Waals surface area contributed by atoms with Crippen molar-refractivity contribution in [3.63, 3.8) is 0 Å². The molecule has 2 amide bonds. The maximum Gasteiger partial charge on any atom is 0.235 e. The second-order valence-electron chi connectivity index (χ2n) is 1.06. The topological polar surface area (TPSA) is 57.5 Å². The quantitative estimate of drug-likeness (QED) is 0.540. The molecular weight excluding hydrogens is 187 g/mol. The van der Waals surface area contributed by atoms with Crippen molar-refractivity contribution in [2.75, 3.05) is 6.61 Å². The number of hydrogen-bond donors (Lipinski definition) is 0. The predicted octanol–water partition coefficient (Wildman–Crippen LogP) is 0.0344. The minimum Gasteiger partial charge on any atom is -0.557 e. The largest absolute Gasteiger partial charge is 0.557 e. The number of carbonyl (C=O) groups excluding carboxylic acids is 2. The van der Waals surface area contributed by atoms with Crippen LogP contribution in [0.5, 0.6) is 0 Å². The van der Waals surface area contributed by atoms with E-state index in [1.54, 1.807) is 0 Å². The maximum atomic E-state index is 9.94. The molecule has 1 aliphatic heterocycles. The zero-order valence-electron chi connectivity index (χ0n) is 3.96. The van der Waals surface area contributed by atoms with Crippen molar-refractivity contribution >= 4 is 12.0 Å². The molecule has 0 bridgehead atoms. The number of hydrogen-bond acceptors (Lipinski definition) is 3. The van der Waals surface area contributed by atoms with E-state index in [2.05, 4.69) is 10.1 Å². The molecule has 0 atom stereocenters. The number of amides is 2. The van der Waals surface area contributed by atoms with Crippen molar-refractivity contribution in [2.24, 2.45) is 0 Å². The summed E-state index contributed by atoms with van der Waals surface area (Å²) in [5.41, 5.74) is 0. The van der Waals surface area contributed by atoms with Gasteiger partial charge in [0.25, 0.3) is 0 Å². The Morgan fingerprint density at radius 2 is 2.12 bits per heavy atom. The van der Waals surface area contributed by atoms with E-state index >= 15 is 0 Å². The van der Waals surface area contributed by atoms with Gasteiger partial charge in [-0.05, 0) is 0 Å². The standard InChI is InChI=1S/C3H3NO3.Y/c5-2-1-7-3(6)4-2;/h1H2,(H,4,5,6);/p-1. The van der Waals surface area contributed by atoms with Crippen molar-refractivity contribution in [1.29, 1.82) is 0 Å². The summed E-state index contributed by atoms with van der Waals surface area (Å²) in [7, 11) is 0. The van der Waals surface area contributed by atoms with Crippen molar-refractivity contribution < 1.29 is 47.0 Å². The summed E-state index contributed by atoms with van der Waals surface area (Å²) in [6.07, 6.45) is -0.773. The van der Waals surface area contributed by atoms with Gasteiger partial charge in [-0.1, -0.05) is 0 Å². The molecule has 1 fully saturated rings. The number of carbonyl (C=O) groups is 2. The first-order chi connectivity index (χ1) is 3.29. The molecule has 1 aliphatic rings. The third-order valence-electron chi connectivity index (χ3n) is 0.535. The molecule has 0 unspecified atom stereocenters. The summed E-state index contributed by atoms with van der Waals surface area (Å²) in [6.45, 7) is -0.182. The van der Waals surface area contributed by atoms with Gasteiger partial charge in [-0.15, -0.1) is 0 Å². The Bertz CT molecular complexity index is 110. The molecule has 0 aromatic heterocycles. The van der Waals surface area contributed by atoms with E-state index in [9.17, 15) is 9.59 Å². The normalized spacial score (nSPS) is 16.5. The van der Waals surface area contributed by atoms with Gasteiger partial charge in [0.05, 0.1) is 5.91 Å². The van der Waals surface area contributed by atoms with Crippen LogP contribution >= 0.6 is 0 Å². The summed E-state index contributed by atoms with van der Waals surface area (Å²) in [5, 5.41) is 2.89. The van der Waals surface area contributed by atoms with Crippen LogP contribution in [-0.4, -0.2) is 18.6 Å². The second-order valence-corrected chi connectivity index (χ2v) is 1.06. The molecule has 1 radical (unpaired) electrons. The average Bonchev–Trinajstić information content (AvgIpc) is 1.87. The van der Waals surface area contributed by atoms with Crippen LogP contribution in [0.25, 0.3) is 5.32 Å². The van der Waals surface area contributed by atoms with E-state index in [0.717, 1.165) is 0 Å². The van der Waals surface area contributed by atoms with Crippen LogP contribution in [0.3, 0.4) is 0 Å². The fraction of sp³-hybridized carbons (Fsp3) is 0.333. The molecule has 0 aromatic rings. The van der Waals surface area contributed by atoms with Gasteiger partial charge >= 0.3 is 0 Å².